The molecule has 4 aromatic rings. The van der Waals surface area contributed by atoms with Gasteiger partial charge in [0.25, 0.3) is 0 Å². The summed E-state index contributed by atoms with van der Waals surface area (Å²) in [7, 11) is 0. The number of carbonyl (C=O) groups excluding carboxylic acids is 1. The first-order valence-electron chi connectivity index (χ1n) is 15.7. The topological polar surface area (TPSA) is 41.9 Å². The maximum Gasteiger partial charge on any atom is 0.416 e. The van der Waals surface area contributed by atoms with Gasteiger partial charge in [-0.15, -0.1) is 0 Å². The molecule has 4 aromatic carbocycles. The normalized spacial score (nSPS) is 17.1. The number of anilines is 1. The van der Waals surface area contributed by atoms with E-state index in [0.717, 1.165) is 18.2 Å². The predicted molar refractivity (Wildman–Crippen MR) is 170 cm³/mol. The van der Waals surface area contributed by atoms with Gasteiger partial charge in [-0.25, -0.2) is 4.79 Å². The number of ether oxygens (including phenoxy) is 1. The second-order valence-corrected chi connectivity index (χ2v) is 11.7. The van der Waals surface area contributed by atoms with Crippen LogP contribution in [0.3, 0.4) is 0 Å². The Bertz CT molecular complexity index is 1760. The van der Waals surface area contributed by atoms with E-state index in [1.807, 2.05) is 0 Å². The fraction of sp³-hybridized carbons (Fsp3) is 0.297. The van der Waals surface area contributed by atoms with Crippen LogP contribution in [-0.4, -0.2) is 24.5 Å². The summed E-state index contributed by atoms with van der Waals surface area (Å²) in [5.74, 6) is -1.23. The maximum atomic E-state index is 14.2. The largest absolute Gasteiger partial charge is 0.449 e. The molecule has 3 unspecified atom stereocenters. The van der Waals surface area contributed by atoms with Gasteiger partial charge in [-0.2, -0.15) is 39.5 Å². The molecule has 0 aromatic heterocycles. The molecule has 0 N–H and O–H groups in total. The zero-order valence-electron chi connectivity index (χ0n) is 26.7. The molecule has 0 spiro atoms. The quantitative estimate of drug-likeness (QED) is 0.142. The van der Waals surface area contributed by atoms with Crippen LogP contribution in [0.2, 0.25) is 0 Å². The van der Waals surface area contributed by atoms with Crippen LogP contribution in [0.15, 0.2) is 102 Å². The van der Waals surface area contributed by atoms with Crippen LogP contribution in [-0.2, 0) is 23.3 Å². The van der Waals surface area contributed by atoms with E-state index in [4.69, 9.17) is 9.73 Å². The highest BCUT2D eigenvalue weighted by Gasteiger charge is 2.44. The van der Waals surface area contributed by atoms with Crippen molar-refractivity contribution in [3.63, 3.8) is 0 Å². The SMILES string of the molecule is CCOC(=O)N1c2ccc(C(F)(F)F)cc2C(C(N=C(c2ccccc2)c2ccccc2)c2cc(C(F)(F)F)cc(C(F)(F)F)c2)CC1CC. The molecule has 0 saturated heterocycles. The highest BCUT2D eigenvalue weighted by Crippen LogP contribution is 2.50. The molecule has 1 aliphatic rings. The molecular weight excluding hydrogens is 675 g/mol. The lowest BCUT2D eigenvalue weighted by molar-refractivity contribution is -0.143. The molecule has 0 fully saturated rings. The third kappa shape index (κ3) is 7.81. The van der Waals surface area contributed by atoms with E-state index in [0.29, 0.717) is 23.3 Å². The summed E-state index contributed by atoms with van der Waals surface area (Å²) in [5, 5.41) is 0. The molecule has 1 heterocycles. The van der Waals surface area contributed by atoms with Crippen molar-refractivity contribution in [2.45, 2.75) is 63.2 Å². The molecule has 4 nitrogen and oxygen atoms in total. The van der Waals surface area contributed by atoms with Crippen molar-refractivity contribution in [3.05, 3.63) is 136 Å². The van der Waals surface area contributed by atoms with Crippen molar-refractivity contribution >= 4 is 17.5 Å². The third-order valence-electron chi connectivity index (χ3n) is 8.54. The molecule has 0 bridgehead atoms. The number of carbonyl (C=O) groups is 1. The maximum absolute atomic E-state index is 14.2. The van der Waals surface area contributed by atoms with Gasteiger partial charge in [0.15, 0.2) is 0 Å². The summed E-state index contributed by atoms with van der Waals surface area (Å²) in [6.07, 6.45) is -16.1. The van der Waals surface area contributed by atoms with Crippen molar-refractivity contribution < 1.29 is 49.0 Å². The van der Waals surface area contributed by atoms with Crippen LogP contribution in [0.4, 0.5) is 50.0 Å². The summed E-state index contributed by atoms with van der Waals surface area (Å²) in [4.78, 5) is 19.3. The van der Waals surface area contributed by atoms with Crippen molar-refractivity contribution in [3.8, 4) is 0 Å². The van der Waals surface area contributed by atoms with E-state index < -0.39 is 64.9 Å². The summed E-state index contributed by atoms with van der Waals surface area (Å²) in [5.41, 5.74) is -3.83. The Morgan fingerprint density at radius 2 is 1.26 bits per heavy atom. The molecule has 264 valence electrons. The van der Waals surface area contributed by atoms with E-state index in [1.165, 1.54) is 4.90 Å². The second kappa shape index (κ2) is 14.2. The number of nitrogens with zero attached hydrogens (tertiary/aromatic N) is 2. The zero-order valence-corrected chi connectivity index (χ0v) is 26.7. The predicted octanol–water partition coefficient (Wildman–Crippen LogP) is 11.3. The Kier molecular flexibility index (Phi) is 10.4. The van der Waals surface area contributed by atoms with Crippen molar-refractivity contribution in [1.82, 2.24) is 0 Å². The Morgan fingerprint density at radius 3 is 1.72 bits per heavy atom. The third-order valence-corrected chi connectivity index (χ3v) is 8.54. The fourth-order valence-corrected chi connectivity index (χ4v) is 6.25. The van der Waals surface area contributed by atoms with Gasteiger partial charge in [0.05, 0.1) is 40.7 Å². The lowest BCUT2D eigenvalue weighted by Crippen LogP contribution is -2.45. The molecular formula is C37H31F9N2O2. The van der Waals surface area contributed by atoms with Gasteiger partial charge in [-0.05, 0) is 67.3 Å². The van der Waals surface area contributed by atoms with Gasteiger partial charge in [0.1, 0.15) is 0 Å². The van der Waals surface area contributed by atoms with Crippen LogP contribution < -0.4 is 4.90 Å². The highest BCUT2D eigenvalue weighted by atomic mass is 19.4. The first-order valence-corrected chi connectivity index (χ1v) is 15.7. The average molecular weight is 707 g/mol. The number of amides is 1. The molecule has 0 radical (unpaired) electrons. The number of fused-ring (bicyclic) bond motifs is 1. The number of halogens is 9. The number of alkyl halides is 9. The van der Waals surface area contributed by atoms with E-state index in [1.54, 1.807) is 74.5 Å². The monoisotopic (exact) mass is 706 g/mol. The van der Waals surface area contributed by atoms with Crippen molar-refractivity contribution in [2.75, 3.05) is 11.5 Å². The number of hydrogen-bond acceptors (Lipinski definition) is 3. The molecule has 5 rings (SSSR count). The minimum absolute atomic E-state index is 0.00646. The Morgan fingerprint density at radius 1 is 0.740 bits per heavy atom. The zero-order chi connectivity index (χ0) is 36.4. The number of aliphatic imine (C=N–C) groups is 1. The van der Waals surface area contributed by atoms with E-state index >= 15 is 0 Å². The van der Waals surface area contributed by atoms with Gasteiger partial charge < -0.3 is 4.74 Å². The smallest absolute Gasteiger partial charge is 0.416 e. The first-order chi connectivity index (χ1) is 23.5. The Hall–Kier alpha value is -4.81. The second-order valence-electron chi connectivity index (χ2n) is 11.7. The van der Waals surface area contributed by atoms with Gasteiger partial charge in [-0.1, -0.05) is 67.6 Å². The summed E-state index contributed by atoms with van der Waals surface area (Å²) < 4.78 is 133. The summed E-state index contributed by atoms with van der Waals surface area (Å²) in [6, 6.07) is 18.1. The molecule has 1 amide bonds. The minimum atomic E-state index is -5.20. The summed E-state index contributed by atoms with van der Waals surface area (Å²) >= 11 is 0. The molecule has 13 heteroatoms. The summed E-state index contributed by atoms with van der Waals surface area (Å²) in [6.45, 7) is 3.19. The van der Waals surface area contributed by atoms with Gasteiger partial charge in [-0.3, -0.25) is 9.89 Å². The average Bonchev–Trinajstić information content (AvgIpc) is 3.07. The van der Waals surface area contributed by atoms with Gasteiger partial charge in [0.2, 0.25) is 0 Å². The van der Waals surface area contributed by atoms with Gasteiger partial charge in [0, 0.05) is 23.1 Å². The van der Waals surface area contributed by atoms with Crippen molar-refractivity contribution in [2.24, 2.45) is 4.99 Å². The van der Waals surface area contributed by atoms with E-state index in [2.05, 4.69) is 0 Å². The minimum Gasteiger partial charge on any atom is -0.449 e. The number of rotatable bonds is 7. The lowest BCUT2D eigenvalue weighted by Gasteiger charge is -2.42. The van der Waals surface area contributed by atoms with E-state index in [-0.39, 0.29) is 42.5 Å². The number of benzene rings is 4. The fourth-order valence-electron chi connectivity index (χ4n) is 6.25. The Labute approximate surface area is 282 Å². The highest BCUT2D eigenvalue weighted by molar-refractivity contribution is 6.13. The van der Waals surface area contributed by atoms with Gasteiger partial charge >= 0.3 is 24.6 Å². The van der Waals surface area contributed by atoms with Crippen LogP contribution in [0.1, 0.15) is 77.6 Å². The molecule has 0 saturated carbocycles. The van der Waals surface area contributed by atoms with Crippen LogP contribution in [0.5, 0.6) is 0 Å². The molecule has 50 heavy (non-hydrogen) atoms. The van der Waals surface area contributed by atoms with E-state index in [9.17, 15) is 44.3 Å². The molecule has 1 aliphatic heterocycles. The van der Waals surface area contributed by atoms with Crippen LogP contribution in [0.25, 0.3) is 0 Å². The standard InChI is InChI=1S/C37H31F9N2O2/c1-3-28-21-30(29-20-25(35(38,39)40)15-16-31(29)48(28)34(49)50-4-2)33(24-17-26(36(41,42)43)19-27(18-24)37(44,45)46)47-32(22-11-7-5-8-12-22)23-13-9-6-10-14-23/h5-20,28,30,33H,3-4,21H2,1-2H3. The first kappa shape index (κ1) is 36.5. The molecule has 0 aliphatic carbocycles. The van der Waals surface area contributed by atoms with Crippen molar-refractivity contribution in [1.29, 1.82) is 0 Å². The number of hydrogen-bond donors (Lipinski definition) is 0. The molecule has 3 atom stereocenters. The van der Waals surface area contributed by atoms with Crippen LogP contribution >= 0.6 is 0 Å². The van der Waals surface area contributed by atoms with Crippen LogP contribution in [0, 0.1) is 0 Å². The Balaban J connectivity index is 1.89. The lowest BCUT2D eigenvalue weighted by atomic mass is 9.77.